The summed E-state index contributed by atoms with van der Waals surface area (Å²) in [7, 11) is 0. The van der Waals surface area contributed by atoms with Crippen molar-refractivity contribution in [1.29, 1.82) is 0 Å². The van der Waals surface area contributed by atoms with Crippen LogP contribution >= 0.6 is 23.7 Å². The summed E-state index contributed by atoms with van der Waals surface area (Å²) in [5.41, 5.74) is 7.79. The predicted octanol–water partition coefficient (Wildman–Crippen LogP) is -1.66. The molecule has 89 heavy (non-hydrogen) atoms. The number of nitrogens with one attached hydrogen (secondary N) is 5. The van der Waals surface area contributed by atoms with E-state index in [1.165, 1.54) is 36.5 Å². The van der Waals surface area contributed by atoms with E-state index in [9.17, 15) is 74.1 Å². The number of benzene rings is 4. The van der Waals surface area contributed by atoms with Crippen LogP contribution in [0, 0.1) is 5.92 Å². The third-order valence-corrected chi connectivity index (χ3v) is 16.4. The van der Waals surface area contributed by atoms with Crippen molar-refractivity contribution in [2.24, 2.45) is 11.7 Å². The fraction of sp³-hybridized carbons (Fsp3) is 0.404. The number of rotatable bonds is 18. The minimum absolute atomic E-state index is 0.00151. The second-order valence-electron chi connectivity index (χ2n) is 21.6. The Hall–Kier alpha value is -8.41. The second-order valence-corrected chi connectivity index (χ2v) is 23.0. The lowest BCUT2D eigenvalue weighted by Crippen LogP contribution is -2.64. The van der Waals surface area contributed by atoms with Crippen molar-refractivity contribution < 1.29 is 97.7 Å². The van der Waals surface area contributed by atoms with Gasteiger partial charge in [0.1, 0.15) is 58.6 Å². The Balaban J connectivity index is 1.07. The molecule has 3 fully saturated rings. The van der Waals surface area contributed by atoms with Gasteiger partial charge in [0.05, 0.1) is 43.0 Å². The van der Waals surface area contributed by atoms with Gasteiger partial charge in [0.2, 0.25) is 41.4 Å². The van der Waals surface area contributed by atoms with E-state index in [-0.39, 0.29) is 29.2 Å². The lowest BCUT2D eigenvalue weighted by molar-refractivity contribution is -0.433. The first-order valence-electron chi connectivity index (χ1n) is 27.8. The number of phenolic OH excluding ortho intramolecular Hbond substituents is 1. The number of aromatic hydroxyl groups is 1. The van der Waals surface area contributed by atoms with Gasteiger partial charge in [0, 0.05) is 61.5 Å². The minimum Gasteiger partial charge on any atom is -0.504 e. The Morgan fingerprint density at radius 1 is 0.753 bits per heavy atom. The molecule has 13 atom stereocenters. The highest BCUT2D eigenvalue weighted by Gasteiger charge is 2.50. The van der Waals surface area contributed by atoms with E-state index >= 15 is 0 Å². The first-order chi connectivity index (χ1) is 42.5. The maximum absolute atomic E-state index is 14.7. The SMILES string of the molecule is CC(O)C1NC(=O)[C@@H](NC(=O)c2ccc(-c3nnc(-c4ccc(COc5ccccc5)cc4)s3)cc2)CC(O)CNC(=O)C2C(O)C(C)CN2C(=O)C(C(O)CC(N)=O)NC(=O)C(C(O)Cc2ccc(O)c(OSOOO)c2)NC(=O)C2CC(O)CN2C1=O. The summed E-state index contributed by atoms with van der Waals surface area (Å²) in [6, 6.07) is 14.8. The second kappa shape index (κ2) is 30.2. The van der Waals surface area contributed by atoms with Gasteiger partial charge in [-0.05, 0) is 54.4 Å². The van der Waals surface area contributed by atoms with Crippen LogP contribution in [-0.4, -0.2) is 201 Å². The number of fused-ring (bicyclic) bond motifs is 2. The van der Waals surface area contributed by atoms with E-state index in [0.29, 0.717) is 22.2 Å². The highest BCUT2D eigenvalue weighted by molar-refractivity contribution is 7.90. The quantitative estimate of drug-likeness (QED) is 0.0202. The molecule has 8 amide bonds. The molecule has 3 saturated heterocycles. The average Bonchev–Trinajstić information content (AvgIpc) is 2.57. The highest BCUT2D eigenvalue weighted by Crippen LogP contribution is 2.33. The van der Waals surface area contributed by atoms with E-state index in [2.05, 4.69) is 46.2 Å². The molecule has 0 spiro atoms. The van der Waals surface area contributed by atoms with Gasteiger partial charge in [0.25, 0.3) is 18.2 Å². The maximum atomic E-state index is 14.7. The number of carbonyl (C=O) groups excluding carboxylic acids is 8. The zero-order chi connectivity index (χ0) is 64.2. The standard InChI is InChI=1S/C57H66N10O20S2/c1-27-24-67-47(48(27)75)53(80)59-23-34(69)20-37(60-49(76)31-13-15-33(16-14-31)55-65-64-54(88-55)32-11-8-29(9-12-32)26-84-36-6-4-3-5-7-36)50(77)61-44(28(2)68)56(81)66-25-35(70)21-38(66)51(78)62-45(52(79)63-46(57(67)82)41(73)22-43(58)74)40(72)18-30-10-17-39(71)42(19-30)85-89-87-86-83/h3-17,19,27-28,34-35,37-38,40-41,44-48,68-73,75,83H,18,20-26H2,1-2H3,(H2,58,74)(H,59,80)(H,60,76)(H,61,77)(H,62,78)(H,63,79)/t27?,28?,34?,35?,37-,38?,40?,41?,44?,45?,46?,47?,48?/m0/s1. The molecule has 0 radical (unpaired) electrons. The largest absolute Gasteiger partial charge is 0.504 e. The average molecular weight is 1280 g/mol. The normalized spacial score (nSPS) is 25.0. The van der Waals surface area contributed by atoms with Crippen molar-refractivity contribution in [3.63, 3.8) is 0 Å². The Morgan fingerprint density at radius 2 is 1.38 bits per heavy atom. The molecule has 476 valence electrons. The number of ether oxygens (including phenoxy) is 1. The van der Waals surface area contributed by atoms with Gasteiger partial charge < -0.3 is 86.8 Å². The Bertz CT molecular complexity index is 3330. The van der Waals surface area contributed by atoms with Gasteiger partial charge in [-0.15, -0.1) is 10.2 Å². The van der Waals surface area contributed by atoms with Crippen LogP contribution in [0.3, 0.4) is 0 Å². The molecule has 4 heterocycles. The number of β-amino-alcohol motifs (C(OH)–C–C–N with tert-alkyl or cyclic N) is 1. The molecule has 32 heteroatoms. The lowest BCUT2D eigenvalue weighted by Gasteiger charge is -2.33. The number of aliphatic hydroxyl groups is 6. The summed E-state index contributed by atoms with van der Waals surface area (Å²) in [5.74, 6) is -10.4. The number of aromatic nitrogens is 2. The maximum Gasteiger partial charge on any atom is 0.261 e. The molecule has 0 aliphatic carbocycles. The Kier molecular flexibility index (Phi) is 22.6. The molecular formula is C57H66N10O20S2. The van der Waals surface area contributed by atoms with E-state index < -0.39 is 177 Å². The third kappa shape index (κ3) is 16.9. The van der Waals surface area contributed by atoms with Crippen molar-refractivity contribution in [2.45, 2.75) is 119 Å². The molecule has 1 aromatic heterocycles. The van der Waals surface area contributed by atoms with Crippen LogP contribution in [0.15, 0.2) is 97.1 Å². The van der Waals surface area contributed by atoms with Gasteiger partial charge in [0.15, 0.2) is 11.5 Å². The van der Waals surface area contributed by atoms with Crippen LogP contribution in [0.1, 0.15) is 54.6 Å². The van der Waals surface area contributed by atoms with Gasteiger partial charge in [-0.1, -0.05) is 88.3 Å². The minimum atomic E-state index is -2.22. The van der Waals surface area contributed by atoms with Crippen LogP contribution < -0.4 is 41.2 Å². The topological polar surface area (TPSA) is 454 Å². The van der Waals surface area contributed by atoms with Gasteiger partial charge in [-0.2, -0.15) is 0 Å². The number of aliphatic hydroxyl groups excluding tert-OH is 6. The van der Waals surface area contributed by atoms with Crippen LogP contribution in [-0.2, 0) is 56.0 Å². The molecule has 0 bridgehead atoms. The number of nitrogens with two attached hydrogens (primary N) is 1. The number of phenols is 1. The van der Waals surface area contributed by atoms with Crippen molar-refractivity contribution in [1.82, 2.24) is 46.6 Å². The van der Waals surface area contributed by atoms with Gasteiger partial charge >= 0.3 is 0 Å². The molecule has 0 saturated carbocycles. The summed E-state index contributed by atoms with van der Waals surface area (Å²) < 4.78 is 15.1. The summed E-state index contributed by atoms with van der Waals surface area (Å²) in [6.07, 6.45) is -13.6. The zero-order valence-corrected chi connectivity index (χ0v) is 49.2. The molecule has 15 N–H and O–H groups in total. The first-order valence-corrected chi connectivity index (χ1v) is 29.3. The van der Waals surface area contributed by atoms with Crippen LogP contribution in [0.5, 0.6) is 17.2 Å². The molecule has 8 rings (SSSR count). The van der Waals surface area contributed by atoms with E-state index in [0.717, 1.165) is 45.7 Å². The molecule has 3 aliphatic heterocycles. The lowest BCUT2D eigenvalue weighted by atomic mass is 9.98. The number of hydrogen-bond donors (Lipinski definition) is 14. The number of amides is 8. The smallest absolute Gasteiger partial charge is 0.261 e. The molecule has 5 aromatic rings. The summed E-state index contributed by atoms with van der Waals surface area (Å²) in [6.45, 7) is 1.20. The van der Waals surface area contributed by atoms with Crippen molar-refractivity contribution in [3.05, 3.63) is 114 Å². The molecule has 30 nitrogen and oxygen atoms in total. The molecule has 3 aliphatic rings. The van der Waals surface area contributed by atoms with Crippen molar-refractivity contribution >= 4 is 70.9 Å². The number of hydrogen-bond acceptors (Lipinski definition) is 24. The highest BCUT2D eigenvalue weighted by atomic mass is 32.2. The van der Waals surface area contributed by atoms with Crippen LogP contribution in [0.4, 0.5) is 0 Å². The Morgan fingerprint density at radius 3 is 2.03 bits per heavy atom. The number of primary amides is 1. The first kappa shape index (κ1) is 66.5. The van der Waals surface area contributed by atoms with Gasteiger partial charge in [-0.25, -0.2) is 5.26 Å². The summed E-state index contributed by atoms with van der Waals surface area (Å²) in [4.78, 5) is 115. The predicted molar refractivity (Wildman–Crippen MR) is 311 cm³/mol. The number of nitrogens with zero attached hydrogens (tertiary/aromatic N) is 4. The van der Waals surface area contributed by atoms with Crippen LogP contribution in [0.2, 0.25) is 0 Å². The zero-order valence-electron chi connectivity index (χ0n) is 47.6. The fourth-order valence-electron chi connectivity index (χ4n) is 10.3. The third-order valence-electron chi connectivity index (χ3n) is 15.0. The Labute approximate surface area is 515 Å². The summed E-state index contributed by atoms with van der Waals surface area (Å²) in [5, 5.41) is 112. The molecular weight excluding hydrogens is 1210 g/mol. The molecule has 4 aromatic carbocycles. The number of carbonyl (C=O) groups is 8. The monoisotopic (exact) mass is 1270 g/mol. The van der Waals surface area contributed by atoms with Crippen LogP contribution in [0.25, 0.3) is 21.1 Å². The van der Waals surface area contributed by atoms with E-state index in [1.54, 1.807) is 12.1 Å². The molecule has 12 unspecified atom stereocenters. The van der Waals surface area contributed by atoms with Gasteiger partial charge in [-0.3, -0.25) is 38.4 Å². The van der Waals surface area contributed by atoms with Crippen molar-refractivity contribution in [2.75, 3.05) is 19.6 Å². The fourth-order valence-corrected chi connectivity index (χ4v) is 11.4. The summed E-state index contributed by atoms with van der Waals surface area (Å²) >= 11 is 1.34. The van der Waals surface area contributed by atoms with Crippen molar-refractivity contribution in [3.8, 4) is 38.4 Å². The van der Waals surface area contributed by atoms with E-state index in [4.69, 9.17) is 19.9 Å². The van der Waals surface area contributed by atoms with E-state index in [1.807, 2.05) is 54.6 Å². The number of para-hydroxylation sites is 1.